The van der Waals surface area contributed by atoms with Crippen LogP contribution >= 0.6 is 11.6 Å². The Morgan fingerprint density at radius 3 is 2.45 bits per heavy atom. The molecule has 0 aromatic heterocycles. The number of nitrogens with one attached hydrogen (secondary N) is 1. The fourth-order valence-corrected chi connectivity index (χ4v) is 3.67. The molecule has 5 nitrogen and oxygen atoms in total. The Labute approximate surface area is 133 Å². The van der Waals surface area contributed by atoms with E-state index in [-0.39, 0.29) is 16.1 Å². The topological polar surface area (TPSA) is 83.5 Å². The van der Waals surface area contributed by atoms with Crippen molar-refractivity contribution in [2.45, 2.75) is 18.7 Å². The van der Waals surface area contributed by atoms with Crippen LogP contribution in [0.5, 0.6) is 0 Å². The third-order valence-electron chi connectivity index (χ3n) is 3.24. The third kappa shape index (κ3) is 3.23. The largest absolute Gasteiger partial charge is 0.478 e. The summed E-state index contributed by atoms with van der Waals surface area (Å²) in [5.74, 6) is -1.11. The van der Waals surface area contributed by atoms with Gasteiger partial charge in [-0.05, 0) is 55.3 Å². The van der Waals surface area contributed by atoms with E-state index >= 15 is 0 Å². The Morgan fingerprint density at radius 1 is 1.18 bits per heavy atom. The number of aryl methyl sites for hydroxylation is 1. The molecule has 0 unspecified atom stereocenters. The van der Waals surface area contributed by atoms with E-state index in [1.807, 2.05) is 0 Å². The van der Waals surface area contributed by atoms with Crippen molar-refractivity contribution in [1.29, 1.82) is 0 Å². The number of carboxylic acid groups (broad SMARTS) is 1. The van der Waals surface area contributed by atoms with Crippen LogP contribution in [-0.2, 0) is 10.0 Å². The molecule has 0 aliphatic heterocycles. The van der Waals surface area contributed by atoms with E-state index in [1.54, 1.807) is 19.9 Å². The Hall–Kier alpha value is -2.05. The zero-order valence-corrected chi connectivity index (χ0v) is 13.5. The molecule has 0 heterocycles. The minimum atomic E-state index is -3.83. The standard InChI is InChI=1S/C15H14ClNO4S/c1-9-8-11(16)6-7-14(9)22(20,21)17-13-5-3-4-12(10(13)2)15(18)19/h3-8,17H,1-2H3,(H,18,19). The van der Waals surface area contributed by atoms with Gasteiger partial charge in [0.1, 0.15) is 0 Å². The highest BCUT2D eigenvalue weighted by molar-refractivity contribution is 7.92. The highest BCUT2D eigenvalue weighted by Gasteiger charge is 2.19. The van der Waals surface area contributed by atoms with Crippen molar-refractivity contribution < 1.29 is 18.3 Å². The molecule has 2 N–H and O–H groups in total. The maximum atomic E-state index is 12.5. The quantitative estimate of drug-likeness (QED) is 0.893. The summed E-state index contributed by atoms with van der Waals surface area (Å²) in [5.41, 5.74) is 1.14. The maximum Gasteiger partial charge on any atom is 0.336 e. The van der Waals surface area contributed by atoms with Gasteiger partial charge in [0.05, 0.1) is 16.1 Å². The summed E-state index contributed by atoms with van der Waals surface area (Å²) >= 11 is 5.83. The van der Waals surface area contributed by atoms with Gasteiger partial charge in [0.15, 0.2) is 0 Å². The van der Waals surface area contributed by atoms with Crippen LogP contribution in [0.2, 0.25) is 5.02 Å². The molecular formula is C15H14ClNO4S. The summed E-state index contributed by atoms with van der Waals surface area (Å²) in [5, 5.41) is 9.53. The van der Waals surface area contributed by atoms with Crippen LogP contribution in [0, 0.1) is 13.8 Å². The molecule has 0 radical (unpaired) electrons. The van der Waals surface area contributed by atoms with Gasteiger partial charge >= 0.3 is 5.97 Å². The zero-order valence-electron chi connectivity index (χ0n) is 11.9. The van der Waals surface area contributed by atoms with Gasteiger partial charge in [-0.2, -0.15) is 0 Å². The summed E-state index contributed by atoms with van der Waals surface area (Å²) in [7, 11) is -3.83. The number of hydrogen-bond donors (Lipinski definition) is 2. The molecule has 2 rings (SSSR count). The molecule has 22 heavy (non-hydrogen) atoms. The van der Waals surface area contributed by atoms with Crippen LogP contribution in [0.15, 0.2) is 41.3 Å². The lowest BCUT2D eigenvalue weighted by Gasteiger charge is -2.13. The van der Waals surface area contributed by atoms with E-state index in [0.717, 1.165) is 0 Å². The van der Waals surface area contributed by atoms with E-state index in [0.29, 0.717) is 16.1 Å². The lowest BCUT2D eigenvalue weighted by Crippen LogP contribution is -2.16. The second-order valence-corrected chi connectivity index (χ2v) is 6.89. The first kappa shape index (κ1) is 16.3. The van der Waals surface area contributed by atoms with Crippen molar-refractivity contribution in [1.82, 2.24) is 0 Å². The molecule has 0 atom stereocenters. The number of halogens is 1. The molecule has 0 saturated heterocycles. The van der Waals surface area contributed by atoms with Gasteiger partial charge in [-0.15, -0.1) is 0 Å². The van der Waals surface area contributed by atoms with Gasteiger partial charge in [-0.1, -0.05) is 17.7 Å². The molecule has 7 heteroatoms. The number of benzene rings is 2. The number of carbonyl (C=O) groups is 1. The Balaban J connectivity index is 2.46. The summed E-state index contributed by atoms with van der Waals surface area (Å²) in [6, 6.07) is 8.88. The van der Waals surface area contributed by atoms with Gasteiger partial charge in [-0.25, -0.2) is 13.2 Å². The number of rotatable bonds is 4. The summed E-state index contributed by atoms with van der Waals surface area (Å²) in [6.45, 7) is 3.19. The summed E-state index contributed by atoms with van der Waals surface area (Å²) in [6.07, 6.45) is 0. The summed E-state index contributed by atoms with van der Waals surface area (Å²) < 4.78 is 27.4. The first-order chi connectivity index (χ1) is 10.2. The first-order valence-electron chi connectivity index (χ1n) is 6.34. The van der Waals surface area contributed by atoms with E-state index in [9.17, 15) is 13.2 Å². The second kappa shape index (κ2) is 5.98. The van der Waals surface area contributed by atoms with Crippen molar-refractivity contribution in [3.8, 4) is 0 Å². The maximum absolute atomic E-state index is 12.5. The minimum Gasteiger partial charge on any atom is -0.478 e. The molecule has 116 valence electrons. The van der Waals surface area contributed by atoms with Gasteiger partial charge < -0.3 is 5.11 Å². The average Bonchev–Trinajstić information content (AvgIpc) is 2.40. The number of carboxylic acids is 1. The average molecular weight is 340 g/mol. The first-order valence-corrected chi connectivity index (χ1v) is 8.20. The predicted molar refractivity (Wildman–Crippen MR) is 85.1 cm³/mol. The van der Waals surface area contributed by atoms with Crippen molar-refractivity contribution in [3.63, 3.8) is 0 Å². The Morgan fingerprint density at radius 2 is 1.86 bits per heavy atom. The van der Waals surface area contributed by atoms with Crippen molar-refractivity contribution in [2.75, 3.05) is 4.72 Å². The molecule has 0 amide bonds. The third-order valence-corrected chi connectivity index (χ3v) is 5.00. The predicted octanol–water partition coefficient (Wildman–Crippen LogP) is 3.46. The highest BCUT2D eigenvalue weighted by atomic mass is 35.5. The zero-order chi connectivity index (χ0) is 16.5. The molecule has 2 aromatic carbocycles. The van der Waals surface area contributed by atoms with Crippen LogP contribution in [0.1, 0.15) is 21.5 Å². The Kier molecular flexibility index (Phi) is 4.44. The van der Waals surface area contributed by atoms with Crippen molar-refractivity contribution in [3.05, 3.63) is 58.1 Å². The monoisotopic (exact) mass is 339 g/mol. The molecule has 0 spiro atoms. The van der Waals surface area contributed by atoms with Gasteiger partial charge in [-0.3, -0.25) is 4.72 Å². The molecule has 0 bridgehead atoms. The van der Waals surface area contributed by atoms with E-state index in [1.165, 1.54) is 30.3 Å². The lowest BCUT2D eigenvalue weighted by atomic mass is 10.1. The molecule has 2 aromatic rings. The lowest BCUT2D eigenvalue weighted by molar-refractivity contribution is 0.0696. The van der Waals surface area contributed by atoms with E-state index < -0.39 is 16.0 Å². The molecule has 0 aliphatic rings. The fourth-order valence-electron chi connectivity index (χ4n) is 2.09. The van der Waals surface area contributed by atoms with E-state index in [2.05, 4.69) is 4.72 Å². The Bertz CT molecular complexity index is 847. The van der Waals surface area contributed by atoms with Crippen LogP contribution < -0.4 is 4.72 Å². The van der Waals surface area contributed by atoms with Crippen molar-refractivity contribution in [2.24, 2.45) is 0 Å². The summed E-state index contributed by atoms with van der Waals surface area (Å²) in [4.78, 5) is 11.2. The van der Waals surface area contributed by atoms with Crippen LogP contribution in [0.3, 0.4) is 0 Å². The molecular weight excluding hydrogens is 326 g/mol. The number of aromatic carboxylic acids is 1. The normalized spacial score (nSPS) is 11.2. The number of hydrogen-bond acceptors (Lipinski definition) is 3. The molecule has 0 saturated carbocycles. The van der Waals surface area contributed by atoms with Gasteiger partial charge in [0, 0.05) is 5.02 Å². The van der Waals surface area contributed by atoms with E-state index in [4.69, 9.17) is 16.7 Å². The number of anilines is 1. The van der Waals surface area contributed by atoms with Gasteiger partial charge in [0.25, 0.3) is 10.0 Å². The van der Waals surface area contributed by atoms with Crippen LogP contribution in [0.4, 0.5) is 5.69 Å². The number of sulfonamides is 1. The van der Waals surface area contributed by atoms with Crippen LogP contribution in [0.25, 0.3) is 0 Å². The highest BCUT2D eigenvalue weighted by Crippen LogP contribution is 2.25. The van der Waals surface area contributed by atoms with Crippen LogP contribution in [-0.4, -0.2) is 19.5 Å². The SMILES string of the molecule is Cc1cc(Cl)ccc1S(=O)(=O)Nc1cccc(C(=O)O)c1C. The minimum absolute atomic E-state index is 0.0491. The molecule has 0 fully saturated rings. The van der Waals surface area contributed by atoms with Gasteiger partial charge in [0.2, 0.25) is 0 Å². The smallest absolute Gasteiger partial charge is 0.336 e. The second-order valence-electron chi connectivity index (χ2n) is 4.80. The van der Waals surface area contributed by atoms with Crippen molar-refractivity contribution >= 4 is 33.3 Å². The molecule has 0 aliphatic carbocycles. The fraction of sp³-hybridized carbons (Fsp3) is 0.133.